The second-order valence-electron chi connectivity index (χ2n) is 7.42. The van der Waals surface area contributed by atoms with Gasteiger partial charge in [0.2, 0.25) is 0 Å². The number of pyridine rings is 1. The standard InChI is InChI=1S/C18H27N3O/c1-15(2)12-20-10-5-7-18(13-20)8-11-21(14-18)17(22)16-6-3-4-9-19-16/h3-4,6,9,15H,5,7-8,10-14H2,1-2H3. The Bertz CT molecular complexity index is 516. The van der Waals surface area contributed by atoms with E-state index >= 15 is 0 Å². The summed E-state index contributed by atoms with van der Waals surface area (Å²) in [5.74, 6) is 0.807. The quantitative estimate of drug-likeness (QED) is 0.861. The molecule has 2 saturated heterocycles. The van der Waals surface area contributed by atoms with Gasteiger partial charge in [0, 0.05) is 37.8 Å². The molecule has 1 spiro atoms. The lowest BCUT2D eigenvalue weighted by Crippen LogP contribution is -2.46. The second-order valence-corrected chi connectivity index (χ2v) is 7.42. The highest BCUT2D eigenvalue weighted by molar-refractivity contribution is 5.92. The van der Waals surface area contributed by atoms with E-state index in [1.165, 1.54) is 25.9 Å². The van der Waals surface area contributed by atoms with Gasteiger partial charge in [0.15, 0.2) is 0 Å². The summed E-state index contributed by atoms with van der Waals surface area (Å²) in [5.41, 5.74) is 0.895. The third kappa shape index (κ3) is 3.32. The van der Waals surface area contributed by atoms with E-state index in [1.807, 2.05) is 23.1 Å². The SMILES string of the molecule is CC(C)CN1CCCC2(CCN(C(=O)c3ccccn3)C2)C1. The van der Waals surface area contributed by atoms with Gasteiger partial charge in [-0.15, -0.1) is 0 Å². The number of carbonyl (C=O) groups is 1. The molecule has 3 rings (SSSR count). The van der Waals surface area contributed by atoms with Crippen LogP contribution in [-0.2, 0) is 0 Å². The van der Waals surface area contributed by atoms with Crippen molar-refractivity contribution < 1.29 is 4.79 Å². The molecular formula is C18H27N3O. The average Bonchev–Trinajstić information content (AvgIpc) is 2.90. The van der Waals surface area contributed by atoms with Gasteiger partial charge in [0.1, 0.15) is 5.69 Å². The summed E-state index contributed by atoms with van der Waals surface area (Å²) in [5, 5.41) is 0. The van der Waals surface area contributed by atoms with E-state index < -0.39 is 0 Å². The molecule has 2 fully saturated rings. The van der Waals surface area contributed by atoms with Crippen molar-refractivity contribution in [1.82, 2.24) is 14.8 Å². The van der Waals surface area contributed by atoms with Gasteiger partial charge >= 0.3 is 0 Å². The number of hydrogen-bond donors (Lipinski definition) is 0. The van der Waals surface area contributed by atoms with E-state index in [0.717, 1.165) is 26.1 Å². The fourth-order valence-corrected chi connectivity index (χ4v) is 4.08. The Morgan fingerprint density at radius 3 is 2.86 bits per heavy atom. The lowest BCUT2D eigenvalue weighted by Gasteiger charge is -2.41. The molecule has 0 bridgehead atoms. The minimum Gasteiger partial charge on any atom is -0.337 e. The number of hydrogen-bond acceptors (Lipinski definition) is 3. The summed E-state index contributed by atoms with van der Waals surface area (Å²) in [4.78, 5) is 21.4. The third-order valence-electron chi connectivity index (χ3n) is 4.97. The molecule has 0 saturated carbocycles. The number of carbonyl (C=O) groups excluding carboxylic acids is 1. The van der Waals surface area contributed by atoms with Crippen molar-refractivity contribution in [2.45, 2.75) is 33.1 Å². The number of piperidine rings is 1. The highest BCUT2D eigenvalue weighted by atomic mass is 16.2. The summed E-state index contributed by atoms with van der Waals surface area (Å²) >= 11 is 0. The van der Waals surface area contributed by atoms with Crippen LogP contribution in [0.15, 0.2) is 24.4 Å². The number of aromatic nitrogens is 1. The molecule has 4 nitrogen and oxygen atoms in total. The minimum absolute atomic E-state index is 0.0958. The van der Waals surface area contributed by atoms with Crippen LogP contribution in [0.4, 0.5) is 0 Å². The van der Waals surface area contributed by atoms with Crippen molar-refractivity contribution in [2.24, 2.45) is 11.3 Å². The first-order valence-corrected chi connectivity index (χ1v) is 8.51. The van der Waals surface area contributed by atoms with E-state index in [1.54, 1.807) is 6.20 Å². The first kappa shape index (κ1) is 15.5. The molecule has 0 aromatic carbocycles. The van der Waals surface area contributed by atoms with Crippen LogP contribution >= 0.6 is 0 Å². The van der Waals surface area contributed by atoms with Crippen molar-refractivity contribution in [3.05, 3.63) is 30.1 Å². The predicted octanol–water partition coefficient (Wildman–Crippen LogP) is 2.67. The monoisotopic (exact) mass is 301 g/mol. The van der Waals surface area contributed by atoms with Crippen LogP contribution < -0.4 is 0 Å². The number of likely N-dealkylation sites (tertiary alicyclic amines) is 2. The Balaban J connectivity index is 1.65. The van der Waals surface area contributed by atoms with E-state index in [4.69, 9.17) is 0 Å². The molecular weight excluding hydrogens is 274 g/mol. The van der Waals surface area contributed by atoms with Gasteiger partial charge in [-0.05, 0) is 43.9 Å². The molecule has 0 radical (unpaired) electrons. The Hall–Kier alpha value is -1.42. The van der Waals surface area contributed by atoms with Gasteiger partial charge in [-0.1, -0.05) is 19.9 Å². The summed E-state index contributed by atoms with van der Waals surface area (Å²) in [6.45, 7) is 9.89. The first-order chi connectivity index (χ1) is 10.6. The van der Waals surface area contributed by atoms with Crippen molar-refractivity contribution >= 4 is 5.91 Å². The van der Waals surface area contributed by atoms with Gasteiger partial charge in [0.05, 0.1) is 0 Å². The highest BCUT2D eigenvalue weighted by Crippen LogP contribution is 2.39. The van der Waals surface area contributed by atoms with Crippen LogP contribution in [-0.4, -0.2) is 53.4 Å². The third-order valence-corrected chi connectivity index (χ3v) is 4.97. The normalized spacial score (nSPS) is 26.0. The van der Waals surface area contributed by atoms with Gasteiger partial charge in [0.25, 0.3) is 5.91 Å². The van der Waals surface area contributed by atoms with Crippen LogP contribution in [0.5, 0.6) is 0 Å². The first-order valence-electron chi connectivity index (χ1n) is 8.51. The van der Waals surface area contributed by atoms with E-state index in [9.17, 15) is 4.79 Å². The van der Waals surface area contributed by atoms with Crippen molar-refractivity contribution in [3.63, 3.8) is 0 Å². The lowest BCUT2D eigenvalue weighted by atomic mass is 9.79. The molecule has 22 heavy (non-hydrogen) atoms. The van der Waals surface area contributed by atoms with Gasteiger partial charge in [-0.2, -0.15) is 0 Å². The molecule has 2 aliphatic heterocycles. The topological polar surface area (TPSA) is 36.4 Å². The number of rotatable bonds is 3. The molecule has 1 atom stereocenters. The van der Waals surface area contributed by atoms with Crippen LogP contribution in [0.2, 0.25) is 0 Å². The Morgan fingerprint density at radius 1 is 1.27 bits per heavy atom. The van der Waals surface area contributed by atoms with Crippen LogP contribution in [0, 0.1) is 11.3 Å². The van der Waals surface area contributed by atoms with E-state index in [2.05, 4.69) is 23.7 Å². The summed E-state index contributed by atoms with van der Waals surface area (Å²) in [7, 11) is 0. The molecule has 1 aromatic rings. The molecule has 3 heterocycles. The van der Waals surface area contributed by atoms with Crippen molar-refractivity contribution in [2.75, 3.05) is 32.7 Å². The molecule has 120 valence electrons. The highest BCUT2D eigenvalue weighted by Gasteiger charge is 2.42. The smallest absolute Gasteiger partial charge is 0.272 e. The average molecular weight is 301 g/mol. The maximum atomic E-state index is 12.6. The maximum Gasteiger partial charge on any atom is 0.272 e. The number of nitrogens with zero attached hydrogens (tertiary/aromatic N) is 3. The molecule has 1 aromatic heterocycles. The Labute approximate surface area is 133 Å². The summed E-state index contributed by atoms with van der Waals surface area (Å²) in [6.07, 6.45) is 5.36. The zero-order valence-corrected chi connectivity index (χ0v) is 13.8. The molecule has 4 heteroatoms. The Kier molecular flexibility index (Phi) is 4.48. The largest absolute Gasteiger partial charge is 0.337 e. The number of amides is 1. The zero-order valence-electron chi connectivity index (χ0n) is 13.8. The van der Waals surface area contributed by atoms with Gasteiger partial charge in [-0.3, -0.25) is 9.78 Å². The lowest BCUT2D eigenvalue weighted by molar-refractivity contribution is 0.0662. The molecule has 1 unspecified atom stereocenters. The molecule has 0 aliphatic carbocycles. The van der Waals surface area contributed by atoms with Crippen LogP contribution in [0.1, 0.15) is 43.6 Å². The van der Waals surface area contributed by atoms with Crippen LogP contribution in [0.25, 0.3) is 0 Å². The predicted molar refractivity (Wildman–Crippen MR) is 87.7 cm³/mol. The van der Waals surface area contributed by atoms with E-state index in [0.29, 0.717) is 17.0 Å². The van der Waals surface area contributed by atoms with E-state index in [-0.39, 0.29) is 5.91 Å². The summed E-state index contributed by atoms with van der Waals surface area (Å²) in [6, 6.07) is 5.56. The fourth-order valence-electron chi connectivity index (χ4n) is 4.08. The Morgan fingerprint density at radius 2 is 2.14 bits per heavy atom. The van der Waals surface area contributed by atoms with Crippen molar-refractivity contribution in [1.29, 1.82) is 0 Å². The fraction of sp³-hybridized carbons (Fsp3) is 0.667. The maximum absolute atomic E-state index is 12.6. The van der Waals surface area contributed by atoms with Crippen molar-refractivity contribution in [3.8, 4) is 0 Å². The minimum atomic E-state index is 0.0958. The molecule has 0 N–H and O–H groups in total. The van der Waals surface area contributed by atoms with Crippen LogP contribution in [0.3, 0.4) is 0 Å². The second kappa shape index (κ2) is 6.37. The molecule has 2 aliphatic rings. The summed E-state index contributed by atoms with van der Waals surface area (Å²) < 4.78 is 0. The van der Waals surface area contributed by atoms with Gasteiger partial charge in [-0.25, -0.2) is 0 Å². The van der Waals surface area contributed by atoms with Gasteiger partial charge < -0.3 is 9.80 Å². The zero-order chi connectivity index (χ0) is 15.6. The molecule has 1 amide bonds.